The van der Waals surface area contributed by atoms with Crippen LogP contribution < -0.4 is 0 Å². The summed E-state index contributed by atoms with van der Waals surface area (Å²) in [6.45, 7) is 3.51. The number of carbonyl (C=O) groups excluding carboxylic acids is 1. The number of Topliss-reactive ketones (excluding diaryl/α,β-unsaturated/α-hetero) is 1. The van der Waals surface area contributed by atoms with Crippen molar-refractivity contribution in [3.8, 4) is 0 Å². The summed E-state index contributed by atoms with van der Waals surface area (Å²) in [4.78, 5) is 14.6. The Morgan fingerprint density at radius 2 is 1.53 bits per heavy atom. The molecule has 1 unspecified atom stereocenters. The lowest BCUT2D eigenvalue weighted by molar-refractivity contribution is -0.123. The minimum atomic E-state index is 0.358. The summed E-state index contributed by atoms with van der Waals surface area (Å²) in [5.41, 5.74) is 0. The molecule has 1 atom stereocenters. The molecule has 1 aliphatic heterocycles. The maximum absolute atomic E-state index is 12.0. The molecule has 2 nitrogen and oxygen atoms in total. The van der Waals surface area contributed by atoms with E-state index in [-0.39, 0.29) is 0 Å². The Balaban J connectivity index is 1.82. The molecule has 0 radical (unpaired) electrons. The standard InChI is InChI=1S/C15H27NO/c17-15-10-6-4-5-9-14(15)13-16-11-7-2-1-3-8-12-16/h14H,1-13H2. The van der Waals surface area contributed by atoms with E-state index in [1.807, 2.05) is 0 Å². The Hall–Kier alpha value is -0.370. The highest BCUT2D eigenvalue weighted by molar-refractivity contribution is 5.81. The number of hydrogen-bond acceptors (Lipinski definition) is 2. The lowest BCUT2D eigenvalue weighted by Gasteiger charge is -2.27. The average molecular weight is 237 g/mol. The van der Waals surface area contributed by atoms with Gasteiger partial charge in [-0.1, -0.05) is 32.1 Å². The van der Waals surface area contributed by atoms with Crippen molar-refractivity contribution in [1.29, 1.82) is 0 Å². The van der Waals surface area contributed by atoms with Crippen LogP contribution in [-0.2, 0) is 4.79 Å². The maximum atomic E-state index is 12.0. The van der Waals surface area contributed by atoms with Crippen LogP contribution in [0.3, 0.4) is 0 Å². The molecule has 2 rings (SSSR count). The fraction of sp³-hybridized carbons (Fsp3) is 0.933. The van der Waals surface area contributed by atoms with Crippen LogP contribution >= 0.6 is 0 Å². The quantitative estimate of drug-likeness (QED) is 0.686. The number of likely N-dealkylation sites (tertiary alicyclic amines) is 1. The molecule has 2 heteroatoms. The zero-order valence-corrected chi connectivity index (χ0v) is 11.1. The third-order valence-electron chi connectivity index (χ3n) is 4.36. The SMILES string of the molecule is O=C1CCCCCC1CN1CCCCCCC1. The Kier molecular flexibility index (Phi) is 5.50. The number of rotatable bonds is 2. The summed E-state index contributed by atoms with van der Waals surface area (Å²) in [5, 5.41) is 0. The highest BCUT2D eigenvalue weighted by Gasteiger charge is 2.23. The van der Waals surface area contributed by atoms with Gasteiger partial charge in [0, 0.05) is 18.9 Å². The maximum Gasteiger partial charge on any atom is 0.137 e. The van der Waals surface area contributed by atoms with Crippen LogP contribution in [0.25, 0.3) is 0 Å². The van der Waals surface area contributed by atoms with Gasteiger partial charge in [0.05, 0.1) is 0 Å². The van der Waals surface area contributed by atoms with Gasteiger partial charge in [-0.2, -0.15) is 0 Å². The first-order valence-electron chi connectivity index (χ1n) is 7.61. The highest BCUT2D eigenvalue weighted by atomic mass is 16.1. The largest absolute Gasteiger partial charge is 0.303 e. The van der Waals surface area contributed by atoms with E-state index in [2.05, 4.69) is 4.90 Å². The first-order valence-corrected chi connectivity index (χ1v) is 7.61. The lowest BCUT2D eigenvalue weighted by atomic mass is 9.97. The van der Waals surface area contributed by atoms with Gasteiger partial charge in [0.15, 0.2) is 0 Å². The molecule has 1 saturated heterocycles. The second kappa shape index (κ2) is 7.15. The van der Waals surface area contributed by atoms with E-state index in [1.54, 1.807) is 0 Å². The first-order chi connectivity index (χ1) is 8.36. The van der Waals surface area contributed by atoms with Crippen molar-refractivity contribution in [2.75, 3.05) is 19.6 Å². The number of nitrogens with zero attached hydrogens (tertiary/aromatic N) is 1. The van der Waals surface area contributed by atoms with Crippen molar-refractivity contribution in [3.05, 3.63) is 0 Å². The van der Waals surface area contributed by atoms with Crippen molar-refractivity contribution < 1.29 is 4.79 Å². The topological polar surface area (TPSA) is 20.3 Å². The Morgan fingerprint density at radius 1 is 0.882 bits per heavy atom. The number of ketones is 1. The molecule has 0 amide bonds. The average Bonchev–Trinajstić information content (AvgIpc) is 2.48. The van der Waals surface area contributed by atoms with Gasteiger partial charge in [0.25, 0.3) is 0 Å². The molecule has 98 valence electrons. The summed E-state index contributed by atoms with van der Waals surface area (Å²) >= 11 is 0. The van der Waals surface area contributed by atoms with E-state index in [9.17, 15) is 4.79 Å². The third kappa shape index (κ3) is 4.42. The summed E-state index contributed by atoms with van der Waals surface area (Å²) < 4.78 is 0. The van der Waals surface area contributed by atoms with E-state index in [1.165, 1.54) is 58.0 Å². The fourth-order valence-electron chi connectivity index (χ4n) is 3.23. The summed E-state index contributed by atoms with van der Waals surface area (Å²) in [6.07, 6.45) is 12.5. The van der Waals surface area contributed by atoms with E-state index in [0.717, 1.165) is 25.8 Å². The minimum Gasteiger partial charge on any atom is -0.303 e. The van der Waals surface area contributed by atoms with Gasteiger partial charge in [-0.05, 0) is 38.8 Å². The number of hydrogen-bond donors (Lipinski definition) is 0. The lowest BCUT2D eigenvalue weighted by Crippen LogP contribution is -2.35. The van der Waals surface area contributed by atoms with Gasteiger partial charge >= 0.3 is 0 Å². The van der Waals surface area contributed by atoms with Crippen molar-refractivity contribution in [1.82, 2.24) is 4.90 Å². The second-order valence-electron chi connectivity index (χ2n) is 5.83. The van der Waals surface area contributed by atoms with Crippen LogP contribution in [0, 0.1) is 5.92 Å². The van der Waals surface area contributed by atoms with Crippen molar-refractivity contribution >= 4 is 5.78 Å². The van der Waals surface area contributed by atoms with Crippen LogP contribution in [-0.4, -0.2) is 30.3 Å². The first kappa shape index (κ1) is 13.1. The molecule has 0 N–H and O–H groups in total. The zero-order valence-electron chi connectivity index (χ0n) is 11.1. The van der Waals surface area contributed by atoms with Crippen LogP contribution in [0.5, 0.6) is 0 Å². The van der Waals surface area contributed by atoms with Gasteiger partial charge in [0.1, 0.15) is 5.78 Å². The molecule has 2 fully saturated rings. The summed E-state index contributed by atoms with van der Waals surface area (Å²) in [7, 11) is 0. The monoisotopic (exact) mass is 237 g/mol. The van der Waals surface area contributed by atoms with E-state index < -0.39 is 0 Å². The van der Waals surface area contributed by atoms with Crippen LogP contribution in [0.2, 0.25) is 0 Å². The smallest absolute Gasteiger partial charge is 0.137 e. The van der Waals surface area contributed by atoms with E-state index >= 15 is 0 Å². The van der Waals surface area contributed by atoms with Crippen LogP contribution in [0.4, 0.5) is 0 Å². The molecular weight excluding hydrogens is 210 g/mol. The van der Waals surface area contributed by atoms with Crippen molar-refractivity contribution in [2.45, 2.75) is 64.2 Å². The number of carbonyl (C=O) groups is 1. The molecular formula is C15H27NO. The normalized spacial score (nSPS) is 29.4. The summed E-state index contributed by atoms with van der Waals surface area (Å²) in [6, 6.07) is 0. The molecule has 0 aromatic carbocycles. The third-order valence-corrected chi connectivity index (χ3v) is 4.36. The summed E-state index contributed by atoms with van der Waals surface area (Å²) in [5.74, 6) is 0.904. The van der Waals surface area contributed by atoms with Gasteiger partial charge in [-0.25, -0.2) is 0 Å². The Labute approximate surface area is 106 Å². The fourth-order valence-corrected chi connectivity index (χ4v) is 3.23. The molecule has 0 bridgehead atoms. The Bertz CT molecular complexity index is 231. The van der Waals surface area contributed by atoms with Crippen molar-refractivity contribution in [3.63, 3.8) is 0 Å². The zero-order chi connectivity index (χ0) is 11.9. The molecule has 17 heavy (non-hydrogen) atoms. The van der Waals surface area contributed by atoms with Gasteiger partial charge in [0.2, 0.25) is 0 Å². The van der Waals surface area contributed by atoms with Gasteiger partial charge in [-0.3, -0.25) is 4.79 Å². The molecule has 2 aliphatic rings. The van der Waals surface area contributed by atoms with Crippen LogP contribution in [0.1, 0.15) is 64.2 Å². The van der Waals surface area contributed by atoms with Gasteiger partial charge < -0.3 is 4.90 Å². The molecule has 1 saturated carbocycles. The molecule has 0 aromatic rings. The molecule has 0 spiro atoms. The van der Waals surface area contributed by atoms with Gasteiger partial charge in [-0.15, -0.1) is 0 Å². The van der Waals surface area contributed by atoms with E-state index in [0.29, 0.717) is 11.7 Å². The highest BCUT2D eigenvalue weighted by Crippen LogP contribution is 2.22. The molecule has 1 heterocycles. The van der Waals surface area contributed by atoms with Crippen molar-refractivity contribution in [2.24, 2.45) is 5.92 Å². The molecule has 0 aromatic heterocycles. The minimum absolute atomic E-state index is 0.358. The molecule has 1 aliphatic carbocycles. The Morgan fingerprint density at radius 3 is 2.29 bits per heavy atom. The second-order valence-corrected chi connectivity index (χ2v) is 5.83. The van der Waals surface area contributed by atoms with Crippen LogP contribution in [0.15, 0.2) is 0 Å². The predicted molar refractivity (Wildman–Crippen MR) is 71.1 cm³/mol. The predicted octanol–water partition coefficient (Wildman–Crippen LogP) is 3.40. The van der Waals surface area contributed by atoms with E-state index in [4.69, 9.17) is 0 Å².